The minimum Gasteiger partial charge on any atom is -0.347 e. The second-order valence-corrected chi connectivity index (χ2v) is 5.17. The van der Waals surface area contributed by atoms with Crippen LogP contribution in [0.4, 0.5) is 0 Å². The average molecular weight is 281 g/mol. The Bertz CT molecular complexity index is 500. The van der Waals surface area contributed by atoms with Crippen LogP contribution in [-0.2, 0) is 13.1 Å². The molecule has 0 saturated heterocycles. The topological polar surface area (TPSA) is 8.17 Å². The lowest BCUT2D eigenvalue weighted by Crippen LogP contribution is -2.10. The summed E-state index contributed by atoms with van der Waals surface area (Å²) in [4.78, 5) is 2.20. The number of aromatic nitrogens is 1. The van der Waals surface area contributed by atoms with E-state index in [4.69, 9.17) is 0 Å². The molecule has 0 unspecified atom stereocenters. The SMILES string of the molecule is CCn1cc(CN(C)C)c2cccc(Br)c21. The van der Waals surface area contributed by atoms with Gasteiger partial charge in [-0.2, -0.15) is 0 Å². The highest BCUT2D eigenvalue weighted by Gasteiger charge is 2.10. The number of nitrogens with zero attached hydrogens (tertiary/aromatic N) is 2. The van der Waals surface area contributed by atoms with Gasteiger partial charge in [0.15, 0.2) is 0 Å². The molecular weight excluding hydrogens is 264 g/mol. The van der Waals surface area contributed by atoms with E-state index >= 15 is 0 Å². The summed E-state index contributed by atoms with van der Waals surface area (Å²) in [6, 6.07) is 6.41. The molecule has 2 aromatic rings. The summed E-state index contributed by atoms with van der Waals surface area (Å²) in [7, 11) is 4.21. The van der Waals surface area contributed by atoms with Crippen LogP contribution >= 0.6 is 15.9 Å². The van der Waals surface area contributed by atoms with E-state index in [1.807, 2.05) is 0 Å². The fourth-order valence-corrected chi connectivity index (χ4v) is 2.70. The molecule has 0 N–H and O–H groups in total. The molecule has 0 aliphatic heterocycles. The third kappa shape index (κ3) is 2.02. The third-order valence-electron chi connectivity index (χ3n) is 2.76. The first-order valence-corrected chi connectivity index (χ1v) is 6.33. The van der Waals surface area contributed by atoms with Gasteiger partial charge in [-0.05, 0) is 48.6 Å². The molecule has 1 heterocycles. The van der Waals surface area contributed by atoms with Crippen LogP contribution in [0.15, 0.2) is 28.9 Å². The lowest BCUT2D eigenvalue weighted by atomic mass is 10.2. The molecule has 0 radical (unpaired) electrons. The lowest BCUT2D eigenvalue weighted by molar-refractivity contribution is 0.403. The van der Waals surface area contributed by atoms with Crippen LogP contribution in [0.5, 0.6) is 0 Å². The Balaban J connectivity index is 2.63. The molecule has 0 aliphatic carbocycles. The summed E-state index contributed by atoms with van der Waals surface area (Å²) in [6.45, 7) is 4.17. The van der Waals surface area contributed by atoms with Crippen molar-refractivity contribution >= 4 is 26.8 Å². The van der Waals surface area contributed by atoms with Gasteiger partial charge in [0, 0.05) is 29.1 Å². The molecular formula is C13H17BrN2. The van der Waals surface area contributed by atoms with E-state index in [-0.39, 0.29) is 0 Å². The second kappa shape index (κ2) is 4.60. The summed E-state index contributed by atoms with van der Waals surface area (Å²) < 4.78 is 3.48. The van der Waals surface area contributed by atoms with Crippen molar-refractivity contribution in [3.8, 4) is 0 Å². The Morgan fingerprint density at radius 3 is 2.69 bits per heavy atom. The van der Waals surface area contributed by atoms with Crippen molar-refractivity contribution in [3.63, 3.8) is 0 Å². The van der Waals surface area contributed by atoms with E-state index in [0.717, 1.165) is 13.1 Å². The summed E-state index contributed by atoms with van der Waals surface area (Å²) in [6.07, 6.45) is 2.26. The minimum absolute atomic E-state index is 0.986. The highest BCUT2D eigenvalue weighted by atomic mass is 79.9. The number of para-hydroxylation sites is 1. The fourth-order valence-electron chi connectivity index (χ4n) is 2.10. The smallest absolute Gasteiger partial charge is 0.0627 e. The average Bonchev–Trinajstić information content (AvgIpc) is 2.57. The van der Waals surface area contributed by atoms with Crippen LogP contribution in [0, 0.1) is 0 Å². The van der Waals surface area contributed by atoms with Crippen LogP contribution in [0.3, 0.4) is 0 Å². The molecule has 0 fully saturated rings. The van der Waals surface area contributed by atoms with Crippen molar-refractivity contribution in [1.29, 1.82) is 0 Å². The van der Waals surface area contributed by atoms with E-state index in [2.05, 4.69) is 70.8 Å². The first-order chi connectivity index (χ1) is 7.63. The minimum atomic E-state index is 0.986. The highest BCUT2D eigenvalue weighted by Crippen LogP contribution is 2.28. The molecule has 1 aromatic heterocycles. The van der Waals surface area contributed by atoms with Crippen LogP contribution in [0.2, 0.25) is 0 Å². The largest absolute Gasteiger partial charge is 0.347 e. The van der Waals surface area contributed by atoms with Crippen LogP contribution in [-0.4, -0.2) is 23.6 Å². The number of hydrogen-bond acceptors (Lipinski definition) is 1. The molecule has 16 heavy (non-hydrogen) atoms. The molecule has 86 valence electrons. The van der Waals surface area contributed by atoms with E-state index in [0.29, 0.717) is 0 Å². The number of halogens is 1. The summed E-state index contributed by atoms with van der Waals surface area (Å²) in [5.41, 5.74) is 2.70. The number of benzene rings is 1. The van der Waals surface area contributed by atoms with Gasteiger partial charge in [0.2, 0.25) is 0 Å². The number of rotatable bonds is 3. The molecule has 0 spiro atoms. The number of fused-ring (bicyclic) bond motifs is 1. The molecule has 0 aliphatic rings. The maximum Gasteiger partial charge on any atom is 0.0627 e. The Morgan fingerprint density at radius 2 is 2.06 bits per heavy atom. The monoisotopic (exact) mass is 280 g/mol. The van der Waals surface area contributed by atoms with Crippen LogP contribution < -0.4 is 0 Å². The van der Waals surface area contributed by atoms with E-state index < -0.39 is 0 Å². The van der Waals surface area contributed by atoms with E-state index in [1.165, 1.54) is 20.9 Å². The van der Waals surface area contributed by atoms with Gasteiger partial charge in [0.25, 0.3) is 0 Å². The molecule has 0 saturated carbocycles. The Hall–Kier alpha value is -0.800. The van der Waals surface area contributed by atoms with Gasteiger partial charge in [-0.3, -0.25) is 0 Å². The van der Waals surface area contributed by atoms with Crippen molar-refractivity contribution in [2.75, 3.05) is 14.1 Å². The Kier molecular flexibility index (Phi) is 3.36. The summed E-state index contributed by atoms with van der Waals surface area (Å²) in [5.74, 6) is 0. The van der Waals surface area contributed by atoms with Gasteiger partial charge < -0.3 is 9.47 Å². The molecule has 1 aromatic carbocycles. The van der Waals surface area contributed by atoms with Gasteiger partial charge in [0.05, 0.1) is 5.52 Å². The molecule has 2 nitrogen and oxygen atoms in total. The van der Waals surface area contributed by atoms with Gasteiger partial charge in [-0.15, -0.1) is 0 Å². The van der Waals surface area contributed by atoms with Crippen molar-refractivity contribution in [1.82, 2.24) is 9.47 Å². The molecule has 0 bridgehead atoms. The molecule has 0 atom stereocenters. The zero-order valence-corrected chi connectivity index (χ0v) is 11.6. The fraction of sp³-hybridized carbons (Fsp3) is 0.385. The van der Waals surface area contributed by atoms with Gasteiger partial charge in [0.1, 0.15) is 0 Å². The van der Waals surface area contributed by atoms with Crippen LogP contribution in [0.25, 0.3) is 10.9 Å². The third-order valence-corrected chi connectivity index (χ3v) is 3.40. The maximum absolute atomic E-state index is 3.63. The molecule has 3 heteroatoms. The first-order valence-electron chi connectivity index (χ1n) is 5.54. The molecule has 2 rings (SSSR count). The number of hydrogen-bond donors (Lipinski definition) is 0. The summed E-state index contributed by atoms with van der Waals surface area (Å²) >= 11 is 3.63. The Labute approximate surface area is 105 Å². The number of aryl methyl sites for hydroxylation is 1. The quantitative estimate of drug-likeness (QED) is 0.836. The van der Waals surface area contributed by atoms with Gasteiger partial charge in [-0.25, -0.2) is 0 Å². The van der Waals surface area contributed by atoms with Gasteiger partial charge >= 0.3 is 0 Å². The lowest BCUT2D eigenvalue weighted by Gasteiger charge is -2.07. The zero-order valence-electron chi connectivity index (χ0n) is 10.00. The van der Waals surface area contributed by atoms with E-state index in [9.17, 15) is 0 Å². The van der Waals surface area contributed by atoms with E-state index in [1.54, 1.807) is 0 Å². The first kappa shape index (κ1) is 11.7. The maximum atomic E-state index is 3.63. The normalized spacial score (nSPS) is 11.6. The molecule has 0 amide bonds. The van der Waals surface area contributed by atoms with Crippen molar-refractivity contribution in [2.24, 2.45) is 0 Å². The van der Waals surface area contributed by atoms with Gasteiger partial charge in [-0.1, -0.05) is 12.1 Å². The Morgan fingerprint density at radius 1 is 1.31 bits per heavy atom. The highest BCUT2D eigenvalue weighted by molar-refractivity contribution is 9.10. The predicted molar refractivity (Wildman–Crippen MR) is 72.7 cm³/mol. The second-order valence-electron chi connectivity index (χ2n) is 4.31. The zero-order chi connectivity index (χ0) is 11.7. The van der Waals surface area contributed by atoms with Crippen molar-refractivity contribution in [2.45, 2.75) is 20.0 Å². The van der Waals surface area contributed by atoms with Crippen molar-refractivity contribution in [3.05, 3.63) is 34.4 Å². The summed E-state index contributed by atoms with van der Waals surface area (Å²) in [5, 5.41) is 1.35. The predicted octanol–water partition coefficient (Wildman–Crippen LogP) is 3.49. The van der Waals surface area contributed by atoms with Crippen LogP contribution in [0.1, 0.15) is 12.5 Å². The van der Waals surface area contributed by atoms with Crippen molar-refractivity contribution < 1.29 is 0 Å². The standard InChI is InChI=1S/C13H17BrN2/c1-4-16-9-10(8-15(2)3)11-6-5-7-12(14)13(11)16/h5-7,9H,4,8H2,1-3H3.